The molecule has 6 heteroatoms. The first-order valence-corrected chi connectivity index (χ1v) is 5.87. The summed E-state index contributed by atoms with van der Waals surface area (Å²) in [5, 5.41) is 19.0. The highest BCUT2D eigenvalue weighted by molar-refractivity contribution is 5.79. The molecular weight excluding hydrogens is 262 g/mol. The largest absolute Gasteiger partial charge is 0.508 e. The van der Waals surface area contributed by atoms with Gasteiger partial charge in [0.25, 0.3) is 0 Å². The van der Waals surface area contributed by atoms with Gasteiger partial charge in [0.05, 0.1) is 26.7 Å². The highest BCUT2D eigenvalue weighted by Crippen LogP contribution is 2.34. The second-order valence-electron chi connectivity index (χ2n) is 4.08. The zero-order valence-corrected chi connectivity index (χ0v) is 11.2. The summed E-state index contributed by atoms with van der Waals surface area (Å²) in [4.78, 5) is 23.1. The van der Waals surface area contributed by atoms with Gasteiger partial charge in [-0.15, -0.1) is 0 Å². The molecule has 0 radical (unpaired) electrons. The smallest absolute Gasteiger partial charge is 0.323 e. The van der Waals surface area contributed by atoms with Crippen molar-refractivity contribution in [1.29, 1.82) is 5.26 Å². The van der Waals surface area contributed by atoms with E-state index < -0.39 is 23.8 Å². The first-order chi connectivity index (χ1) is 9.54. The van der Waals surface area contributed by atoms with Crippen LogP contribution in [0.2, 0.25) is 0 Å². The molecule has 0 saturated heterocycles. The number of para-hydroxylation sites is 1. The molecule has 20 heavy (non-hydrogen) atoms. The molecule has 0 aliphatic carbocycles. The lowest BCUT2D eigenvalue weighted by molar-refractivity contribution is -0.145. The van der Waals surface area contributed by atoms with Gasteiger partial charge in [-0.25, -0.2) is 0 Å². The van der Waals surface area contributed by atoms with Crippen LogP contribution in [0.5, 0.6) is 5.75 Å². The van der Waals surface area contributed by atoms with E-state index in [0.29, 0.717) is 5.56 Å². The normalized spacial score (nSPS) is 12.8. The minimum atomic E-state index is -1.20. The molecule has 0 aromatic heterocycles. The molecule has 2 atom stereocenters. The average molecular weight is 277 g/mol. The molecule has 0 saturated carbocycles. The van der Waals surface area contributed by atoms with Crippen LogP contribution in [-0.4, -0.2) is 31.3 Å². The van der Waals surface area contributed by atoms with Crippen molar-refractivity contribution >= 4 is 11.9 Å². The summed E-state index contributed by atoms with van der Waals surface area (Å²) in [6.07, 6.45) is -0.207. The quantitative estimate of drug-likeness (QED) is 0.816. The van der Waals surface area contributed by atoms with Crippen molar-refractivity contribution in [1.82, 2.24) is 0 Å². The van der Waals surface area contributed by atoms with Crippen molar-refractivity contribution in [3.8, 4) is 11.8 Å². The maximum Gasteiger partial charge on any atom is 0.323 e. The lowest BCUT2D eigenvalue weighted by atomic mass is 9.84. The summed E-state index contributed by atoms with van der Waals surface area (Å²) in [6, 6.07) is 8.04. The SMILES string of the molecule is COC(=O)CC(c1ccccc1O)C(C#N)C(=O)OC. The summed E-state index contributed by atoms with van der Waals surface area (Å²) in [7, 11) is 2.37. The maximum absolute atomic E-state index is 11.7. The number of nitriles is 1. The number of phenolic OH excluding ortho intramolecular Hbond substituents is 1. The molecule has 6 nitrogen and oxygen atoms in total. The van der Waals surface area contributed by atoms with E-state index in [9.17, 15) is 14.7 Å². The Bertz CT molecular complexity index is 535. The predicted octanol–water partition coefficient (Wildman–Crippen LogP) is 1.35. The highest BCUT2D eigenvalue weighted by Gasteiger charge is 2.34. The molecule has 1 rings (SSSR count). The Morgan fingerprint density at radius 2 is 1.95 bits per heavy atom. The molecule has 0 fully saturated rings. The zero-order valence-electron chi connectivity index (χ0n) is 11.2. The van der Waals surface area contributed by atoms with Crippen LogP contribution in [0.4, 0.5) is 0 Å². The first-order valence-electron chi connectivity index (χ1n) is 5.87. The number of esters is 2. The maximum atomic E-state index is 11.7. The number of hydrogen-bond acceptors (Lipinski definition) is 6. The Morgan fingerprint density at radius 1 is 1.30 bits per heavy atom. The number of hydrogen-bond donors (Lipinski definition) is 1. The van der Waals surface area contributed by atoms with Crippen LogP contribution in [0, 0.1) is 17.2 Å². The van der Waals surface area contributed by atoms with E-state index in [1.807, 2.05) is 6.07 Å². The number of phenols is 1. The third-order valence-electron chi connectivity index (χ3n) is 2.95. The monoisotopic (exact) mass is 277 g/mol. The van der Waals surface area contributed by atoms with Crippen molar-refractivity contribution < 1.29 is 24.2 Å². The number of aromatic hydroxyl groups is 1. The Hall–Kier alpha value is -2.55. The number of carbonyl (C=O) groups excluding carboxylic acids is 2. The molecule has 1 aromatic carbocycles. The number of nitrogens with zero attached hydrogens (tertiary/aromatic N) is 1. The van der Waals surface area contributed by atoms with E-state index in [1.54, 1.807) is 18.2 Å². The second kappa shape index (κ2) is 7.14. The molecule has 0 bridgehead atoms. The van der Waals surface area contributed by atoms with Crippen LogP contribution in [0.25, 0.3) is 0 Å². The van der Waals surface area contributed by atoms with Crippen molar-refractivity contribution in [2.45, 2.75) is 12.3 Å². The number of methoxy groups -OCH3 is 2. The fraction of sp³-hybridized carbons (Fsp3) is 0.357. The van der Waals surface area contributed by atoms with Gasteiger partial charge in [0.15, 0.2) is 5.92 Å². The van der Waals surface area contributed by atoms with Gasteiger partial charge < -0.3 is 14.6 Å². The van der Waals surface area contributed by atoms with Crippen LogP contribution in [0.15, 0.2) is 24.3 Å². The van der Waals surface area contributed by atoms with E-state index in [-0.39, 0.29) is 12.2 Å². The van der Waals surface area contributed by atoms with Gasteiger partial charge in [-0.2, -0.15) is 5.26 Å². The number of ether oxygens (including phenoxy) is 2. The second-order valence-corrected chi connectivity index (χ2v) is 4.08. The highest BCUT2D eigenvalue weighted by atomic mass is 16.5. The van der Waals surface area contributed by atoms with Gasteiger partial charge >= 0.3 is 11.9 Å². The minimum absolute atomic E-state index is 0.0921. The van der Waals surface area contributed by atoms with Gasteiger partial charge in [0.1, 0.15) is 5.75 Å². The fourth-order valence-electron chi connectivity index (χ4n) is 1.91. The van der Waals surface area contributed by atoms with Crippen molar-refractivity contribution in [2.75, 3.05) is 14.2 Å². The van der Waals surface area contributed by atoms with Gasteiger partial charge in [0, 0.05) is 5.92 Å². The lowest BCUT2D eigenvalue weighted by Gasteiger charge is -2.20. The predicted molar refractivity (Wildman–Crippen MR) is 68.6 cm³/mol. The third-order valence-corrected chi connectivity index (χ3v) is 2.95. The minimum Gasteiger partial charge on any atom is -0.508 e. The van der Waals surface area contributed by atoms with Crippen LogP contribution < -0.4 is 0 Å². The topological polar surface area (TPSA) is 96.6 Å². The standard InChI is InChI=1S/C14H15NO5/c1-19-13(17)7-10(11(8-15)14(18)20-2)9-5-3-4-6-12(9)16/h3-6,10-11,16H,7H2,1-2H3. The van der Waals surface area contributed by atoms with E-state index >= 15 is 0 Å². The Morgan fingerprint density at radius 3 is 2.45 bits per heavy atom. The van der Waals surface area contributed by atoms with Gasteiger partial charge in [-0.1, -0.05) is 18.2 Å². The molecule has 0 aliphatic heterocycles. The molecule has 106 valence electrons. The van der Waals surface area contributed by atoms with Crippen LogP contribution in [0.1, 0.15) is 17.9 Å². The van der Waals surface area contributed by atoms with E-state index in [4.69, 9.17) is 5.26 Å². The fourth-order valence-corrected chi connectivity index (χ4v) is 1.91. The van der Waals surface area contributed by atoms with Gasteiger partial charge in [-0.3, -0.25) is 9.59 Å². The molecule has 1 N–H and O–H groups in total. The van der Waals surface area contributed by atoms with Crippen molar-refractivity contribution in [3.05, 3.63) is 29.8 Å². The van der Waals surface area contributed by atoms with Crippen molar-refractivity contribution in [2.24, 2.45) is 5.92 Å². The van der Waals surface area contributed by atoms with Crippen LogP contribution in [0.3, 0.4) is 0 Å². The molecule has 2 unspecified atom stereocenters. The number of rotatable bonds is 5. The summed E-state index contributed by atoms with van der Waals surface area (Å²) in [6.45, 7) is 0. The summed E-state index contributed by atoms with van der Waals surface area (Å²) >= 11 is 0. The number of carbonyl (C=O) groups is 2. The molecular formula is C14H15NO5. The number of benzene rings is 1. The Kier molecular flexibility index (Phi) is 5.54. The van der Waals surface area contributed by atoms with Crippen LogP contribution in [-0.2, 0) is 19.1 Å². The molecule has 0 heterocycles. The third kappa shape index (κ3) is 3.48. The van der Waals surface area contributed by atoms with Gasteiger partial charge in [-0.05, 0) is 11.6 Å². The van der Waals surface area contributed by atoms with E-state index in [2.05, 4.69) is 9.47 Å². The molecule has 1 aromatic rings. The average Bonchev–Trinajstić information content (AvgIpc) is 2.47. The first kappa shape index (κ1) is 15.5. The van der Waals surface area contributed by atoms with Crippen LogP contribution >= 0.6 is 0 Å². The van der Waals surface area contributed by atoms with Crippen molar-refractivity contribution in [3.63, 3.8) is 0 Å². The summed E-state index contributed by atoms with van der Waals surface area (Å²) in [5.74, 6) is -3.47. The van der Waals surface area contributed by atoms with Gasteiger partial charge in [0.2, 0.25) is 0 Å². The zero-order chi connectivity index (χ0) is 15.1. The summed E-state index contributed by atoms with van der Waals surface area (Å²) in [5.41, 5.74) is 0.329. The van der Waals surface area contributed by atoms with E-state index in [1.165, 1.54) is 13.2 Å². The molecule has 0 spiro atoms. The molecule has 0 amide bonds. The lowest BCUT2D eigenvalue weighted by Crippen LogP contribution is -2.25. The summed E-state index contributed by atoms with van der Waals surface area (Å²) < 4.78 is 9.13. The van der Waals surface area contributed by atoms with E-state index in [0.717, 1.165) is 7.11 Å². The Balaban J connectivity index is 3.21. The molecule has 0 aliphatic rings. The Labute approximate surface area is 116 Å².